The smallest absolute Gasteiger partial charge is 0.341 e. The van der Waals surface area contributed by atoms with Crippen LogP contribution in [-0.2, 0) is 20.1 Å². The second-order valence-corrected chi connectivity index (χ2v) is 3.14. The number of hydrogen-bond donors (Lipinski definition) is 1. The number of rotatable bonds is 4. The Morgan fingerprint density at radius 3 is 2.38 bits per heavy atom. The Bertz CT molecular complexity index is 354. The van der Waals surface area contributed by atoms with Crippen LogP contribution >= 0.6 is 0 Å². The lowest BCUT2D eigenvalue weighted by Crippen LogP contribution is -2.43. The largest absolute Gasteiger partial charge is 0.467 e. The number of halogens is 1. The van der Waals surface area contributed by atoms with E-state index >= 15 is 0 Å². The third kappa shape index (κ3) is 2.20. The van der Waals surface area contributed by atoms with Gasteiger partial charge in [0.05, 0.1) is 7.11 Å². The monoisotopic (exact) mass is 228 g/mol. The standard InChI is InChI=1S/C11H13FO4/c1-15-10(14)9(13)11(12,16-2)8-6-4-3-5-7-8/h3-7,9,13H,1-2H3. The molecular weight excluding hydrogens is 215 g/mol. The molecule has 5 heteroatoms. The Balaban J connectivity index is 3.07. The van der Waals surface area contributed by atoms with Crippen molar-refractivity contribution in [2.75, 3.05) is 14.2 Å². The van der Waals surface area contributed by atoms with Crippen LogP contribution in [0.25, 0.3) is 0 Å². The molecule has 0 bridgehead atoms. The quantitative estimate of drug-likeness (QED) is 0.781. The summed E-state index contributed by atoms with van der Waals surface area (Å²) in [7, 11) is 2.13. The normalized spacial score (nSPS) is 16.2. The number of methoxy groups -OCH3 is 2. The molecule has 0 aliphatic carbocycles. The number of aliphatic hydroxyl groups excluding tert-OH is 1. The average Bonchev–Trinajstić information content (AvgIpc) is 2.37. The summed E-state index contributed by atoms with van der Waals surface area (Å²) in [5.74, 6) is -3.69. The molecule has 0 spiro atoms. The molecule has 88 valence electrons. The van der Waals surface area contributed by atoms with Gasteiger partial charge < -0.3 is 14.6 Å². The maximum absolute atomic E-state index is 14.3. The minimum atomic E-state index is -2.60. The Morgan fingerprint density at radius 2 is 1.94 bits per heavy atom. The Labute approximate surface area is 92.6 Å². The zero-order valence-corrected chi connectivity index (χ0v) is 9.01. The van der Waals surface area contributed by atoms with Crippen molar-refractivity contribution >= 4 is 5.97 Å². The third-order valence-corrected chi connectivity index (χ3v) is 2.24. The van der Waals surface area contributed by atoms with Gasteiger partial charge >= 0.3 is 5.97 Å². The fraction of sp³-hybridized carbons (Fsp3) is 0.364. The van der Waals surface area contributed by atoms with E-state index in [0.29, 0.717) is 0 Å². The number of ether oxygens (including phenoxy) is 2. The van der Waals surface area contributed by atoms with Gasteiger partial charge in [0, 0.05) is 12.7 Å². The van der Waals surface area contributed by atoms with Gasteiger partial charge in [-0.2, -0.15) is 0 Å². The Morgan fingerprint density at radius 1 is 1.38 bits per heavy atom. The molecule has 0 radical (unpaired) electrons. The van der Waals surface area contributed by atoms with Crippen LogP contribution in [0.15, 0.2) is 30.3 Å². The molecule has 1 aromatic rings. The summed E-state index contributed by atoms with van der Waals surface area (Å²) in [5.41, 5.74) is 0.0513. The molecule has 2 atom stereocenters. The highest BCUT2D eigenvalue weighted by atomic mass is 19.2. The number of alkyl halides is 1. The highest BCUT2D eigenvalue weighted by molar-refractivity contribution is 5.75. The molecule has 0 aliphatic rings. The van der Waals surface area contributed by atoms with E-state index in [-0.39, 0.29) is 5.56 Å². The van der Waals surface area contributed by atoms with Crippen LogP contribution in [0.3, 0.4) is 0 Å². The summed E-state index contributed by atoms with van der Waals surface area (Å²) in [6.45, 7) is 0. The van der Waals surface area contributed by atoms with Crippen LogP contribution in [0.5, 0.6) is 0 Å². The number of esters is 1. The number of aliphatic hydroxyl groups is 1. The molecule has 16 heavy (non-hydrogen) atoms. The molecule has 1 N–H and O–H groups in total. The Hall–Kier alpha value is -1.46. The minimum absolute atomic E-state index is 0.0513. The summed E-state index contributed by atoms with van der Waals surface area (Å²) in [4.78, 5) is 11.1. The zero-order chi connectivity index (χ0) is 12.2. The molecule has 0 saturated heterocycles. The van der Waals surface area contributed by atoms with Crippen molar-refractivity contribution in [1.29, 1.82) is 0 Å². The molecule has 0 aromatic heterocycles. The number of carbonyl (C=O) groups is 1. The van der Waals surface area contributed by atoms with E-state index in [1.807, 2.05) is 0 Å². The first kappa shape index (κ1) is 12.6. The molecule has 1 aromatic carbocycles. The van der Waals surface area contributed by atoms with E-state index in [2.05, 4.69) is 9.47 Å². The van der Waals surface area contributed by atoms with E-state index in [1.54, 1.807) is 18.2 Å². The van der Waals surface area contributed by atoms with E-state index in [0.717, 1.165) is 14.2 Å². The van der Waals surface area contributed by atoms with Gasteiger partial charge in [-0.15, -0.1) is 0 Å². The van der Waals surface area contributed by atoms with E-state index in [1.165, 1.54) is 12.1 Å². The highest BCUT2D eigenvalue weighted by Crippen LogP contribution is 2.31. The van der Waals surface area contributed by atoms with Crippen molar-refractivity contribution < 1.29 is 23.8 Å². The summed E-state index contributed by atoms with van der Waals surface area (Å²) in [6.07, 6.45) is -2.02. The second-order valence-electron chi connectivity index (χ2n) is 3.14. The highest BCUT2D eigenvalue weighted by Gasteiger charge is 2.45. The van der Waals surface area contributed by atoms with Crippen molar-refractivity contribution in [2.45, 2.75) is 12.0 Å². The summed E-state index contributed by atoms with van der Waals surface area (Å²) >= 11 is 0. The zero-order valence-electron chi connectivity index (χ0n) is 9.01. The molecule has 0 saturated carbocycles. The van der Waals surface area contributed by atoms with E-state index in [4.69, 9.17) is 0 Å². The SMILES string of the molecule is COC(=O)C(O)C(F)(OC)c1ccccc1. The minimum Gasteiger partial charge on any atom is -0.467 e. The van der Waals surface area contributed by atoms with Gasteiger partial charge in [-0.25, -0.2) is 9.18 Å². The predicted octanol–water partition coefficient (Wildman–Crippen LogP) is 0.989. The topological polar surface area (TPSA) is 55.8 Å². The lowest BCUT2D eigenvalue weighted by atomic mass is 10.0. The fourth-order valence-electron chi connectivity index (χ4n) is 1.32. The van der Waals surface area contributed by atoms with Crippen molar-refractivity contribution in [3.63, 3.8) is 0 Å². The molecular formula is C11H13FO4. The summed E-state index contributed by atoms with van der Waals surface area (Å²) in [6, 6.07) is 7.66. The van der Waals surface area contributed by atoms with Crippen molar-refractivity contribution in [3.8, 4) is 0 Å². The molecule has 0 amide bonds. The van der Waals surface area contributed by atoms with Gasteiger partial charge in [-0.3, -0.25) is 0 Å². The van der Waals surface area contributed by atoms with Gasteiger partial charge in [0.25, 0.3) is 5.85 Å². The van der Waals surface area contributed by atoms with Gasteiger partial charge in [0.1, 0.15) is 0 Å². The van der Waals surface area contributed by atoms with Gasteiger partial charge in [-0.1, -0.05) is 30.3 Å². The lowest BCUT2D eigenvalue weighted by molar-refractivity contribution is -0.213. The molecule has 1 rings (SSSR count). The maximum atomic E-state index is 14.3. The maximum Gasteiger partial charge on any atom is 0.341 e. The predicted molar refractivity (Wildman–Crippen MR) is 54.3 cm³/mol. The van der Waals surface area contributed by atoms with E-state index in [9.17, 15) is 14.3 Å². The van der Waals surface area contributed by atoms with Crippen molar-refractivity contribution in [3.05, 3.63) is 35.9 Å². The van der Waals surface area contributed by atoms with E-state index < -0.39 is 17.9 Å². The molecule has 0 fully saturated rings. The summed E-state index contributed by atoms with van der Waals surface area (Å²) in [5, 5.41) is 9.52. The van der Waals surface area contributed by atoms with Crippen LogP contribution in [0, 0.1) is 0 Å². The van der Waals surface area contributed by atoms with Crippen LogP contribution < -0.4 is 0 Å². The first-order valence-electron chi connectivity index (χ1n) is 4.61. The van der Waals surface area contributed by atoms with Crippen molar-refractivity contribution in [2.24, 2.45) is 0 Å². The first-order valence-corrected chi connectivity index (χ1v) is 4.61. The molecule has 2 unspecified atom stereocenters. The lowest BCUT2D eigenvalue weighted by Gasteiger charge is -2.27. The second kappa shape index (κ2) is 5.05. The number of carbonyl (C=O) groups excluding carboxylic acids is 1. The third-order valence-electron chi connectivity index (χ3n) is 2.24. The van der Waals surface area contributed by atoms with Crippen molar-refractivity contribution in [1.82, 2.24) is 0 Å². The van der Waals surface area contributed by atoms with Crippen LogP contribution in [0.1, 0.15) is 5.56 Å². The first-order chi connectivity index (χ1) is 7.56. The van der Waals surface area contributed by atoms with Gasteiger partial charge in [-0.05, 0) is 0 Å². The number of benzene rings is 1. The summed E-state index contributed by atoms with van der Waals surface area (Å²) < 4.78 is 23.2. The average molecular weight is 228 g/mol. The molecule has 4 nitrogen and oxygen atoms in total. The molecule has 0 aliphatic heterocycles. The Kier molecular flexibility index (Phi) is 3.98. The van der Waals surface area contributed by atoms with Crippen LogP contribution in [0.2, 0.25) is 0 Å². The molecule has 0 heterocycles. The van der Waals surface area contributed by atoms with Gasteiger partial charge in [0.2, 0.25) is 6.10 Å². The van der Waals surface area contributed by atoms with Crippen LogP contribution in [-0.4, -0.2) is 31.4 Å². The van der Waals surface area contributed by atoms with Gasteiger partial charge in [0.15, 0.2) is 0 Å². The van der Waals surface area contributed by atoms with Crippen LogP contribution in [0.4, 0.5) is 4.39 Å². The fourth-order valence-corrected chi connectivity index (χ4v) is 1.32. The number of hydrogen-bond acceptors (Lipinski definition) is 4.